The summed E-state index contributed by atoms with van der Waals surface area (Å²) in [6.45, 7) is 0.000648. The van der Waals surface area contributed by atoms with Gasteiger partial charge in [-0.2, -0.15) is 18.6 Å². The van der Waals surface area contributed by atoms with Gasteiger partial charge in [0, 0.05) is 5.56 Å². The van der Waals surface area contributed by atoms with Crippen molar-refractivity contribution >= 4 is 22.4 Å². The minimum atomic E-state index is -4.88. The molecule has 3 heterocycles. The maximum absolute atomic E-state index is 12.2. The number of urea groups is 1. The lowest BCUT2D eigenvalue weighted by Crippen LogP contribution is -2.39. The van der Waals surface area contributed by atoms with Crippen LogP contribution in [0.15, 0.2) is 6.20 Å². The number of carbonyl (C=O) groups excluding carboxylic acids is 2. The van der Waals surface area contributed by atoms with E-state index in [1.807, 2.05) is 0 Å². The average Bonchev–Trinajstić information content (AvgIpc) is 2.97. The molecule has 11 nitrogen and oxygen atoms in total. The Morgan fingerprint density at radius 1 is 1.57 bits per heavy atom. The Labute approximate surface area is 118 Å². The molecule has 3 rings (SSSR count). The molecule has 0 aliphatic carbocycles. The molecule has 0 aromatic carbocycles. The number of ether oxygens (including phenoxy) is 1. The van der Waals surface area contributed by atoms with Gasteiger partial charge in [0.2, 0.25) is 0 Å². The minimum Gasteiger partial charge on any atom is -0.467 e. The Balaban J connectivity index is 2.06. The van der Waals surface area contributed by atoms with Crippen LogP contribution in [0.4, 0.5) is 4.79 Å². The normalized spacial score (nSPS) is 24.2. The lowest BCUT2D eigenvalue weighted by atomic mass is 9.98. The molecule has 2 N–H and O–H groups in total. The predicted molar refractivity (Wildman–Crippen MR) is 62.7 cm³/mol. The largest absolute Gasteiger partial charge is 0.467 e. The molecular formula is C9H10N4O7S. The van der Waals surface area contributed by atoms with Gasteiger partial charge in [0.1, 0.15) is 6.04 Å². The van der Waals surface area contributed by atoms with Crippen LogP contribution in [0.25, 0.3) is 0 Å². The molecule has 12 heteroatoms. The summed E-state index contributed by atoms with van der Waals surface area (Å²) in [6, 6.07) is -2.77. The number of hydrogen-bond acceptors (Lipinski definition) is 7. The summed E-state index contributed by atoms with van der Waals surface area (Å²) in [4.78, 5) is 25.1. The number of aromatic nitrogens is 2. The number of rotatable bonds is 3. The number of hydrogen-bond donors (Lipinski definition) is 2. The zero-order valence-corrected chi connectivity index (χ0v) is 11.4. The zero-order valence-electron chi connectivity index (χ0n) is 10.6. The van der Waals surface area contributed by atoms with E-state index in [9.17, 15) is 18.0 Å². The molecule has 1 aromatic heterocycles. The molecule has 2 atom stereocenters. The molecule has 0 spiro atoms. The molecule has 0 unspecified atom stereocenters. The first-order valence-electron chi connectivity index (χ1n) is 5.71. The van der Waals surface area contributed by atoms with Crippen molar-refractivity contribution in [2.24, 2.45) is 0 Å². The molecule has 1 saturated heterocycles. The summed E-state index contributed by atoms with van der Waals surface area (Å²) in [6.07, 6.45) is 1.35. The first-order valence-corrected chi connectivity index (χ1v) is 7.08. The fourth-order valence-corrected chi connectivity index (χ4v) is 2.90. The van der Waals surface area contributed by atoms with E-state index in [0.717, 1.165) is 12.0 Å². The van der Waals surface area contributed by atoms with E-state index in [4.69, 9.17) is 4.55 Å². The number of amides is 2. The van der Waals surface area contributed by atoms with Gasteiger partial charge < -0.3 is 9.64 Å². The average molecular weight is 318 g/mol. The van der Waals surface area contributed by atoms with Crippen LogP contribution < -0.4 is 0 Å². The van der Waals surface area contributed by atoms with Gasteiger partial charge in [0.25, 0.3) is 0 Å². The van der Waals surface area contributed by atoms with Gasteiger partial charge >= 0.3 is 22.4 Å². The van der Waals surface area contributed by atoms with Gasteiger partial charge in [-0.15, -0.1) is 4.28 Å². The van der Waals surface area contributed by atoms with Crippen molar-refractivity contribution in [1.82, 2.24) is 20.2 Å². The van der Waals surface area contributed by atoms with Gasteiger partial charge in [0.05, 0.1) is 25.5 Å². The van der Waals surface area contributed by atoms with Gasteiger partial charge in [-0.05, 0) is 0 Å². The van der Waals surface area contributed by atoms with Crippen LogP contribution >= 0.6 is 0 Å². The number of hydroxylamine groups is 2. The van der Waals surface area contributed by atoms with E-state index >= 15 is 0 Å². The second-order valence-electron chi connectivity index (χ2n) is 4.44. The van der Waals surface area contributed by atoms with Gasteiger partial charge in [-0.1, -0.05) is 0 Å². The van der Waals surface area contributed by atoms with Crippen molar-refractivity contribution in [1.29, 1.82) is 0 Å². The maximum Gasteiger partial charge on any atom is 0.418 e. The van der Waals surface area contributed by atoms with Crippen molar-refractivity contribution in [2.75, 3.05) is 13.7 Å². The first kappa shape index (κ1) is 13.8. The molecule has 114 valence electrons. The van der Waals surface area contributed by atoms with Crippen LogP contribution in [-0.2, 0) is 24.2 Å². The molecule has 2 aliphatic rings. The lowest BCUT2D eigenvalue weighted by Gasteiger charge is -2.27. The first-order chi connectivity index (χ1) is 9.83. The second kappa shape index (κ2) is 4.41. The summed E-state index contributed by atoms with van der Waals surface area (Å²) in [7, 11) is -3.71. The number of nitrogens with zero attached hydrogens (tertiary/aromatic N) is 3. The number of nitrogens with one attached hydrogen (secondary N) is 1. The number of fused-ring (bicyclic) bond motifs is 4. The minimum absolute atomic E-state index is 0.000648. The molecule has 1 fully saturated rings. The van der Waals surface area contributed by atoms with Crippen molar-refractivity contribution in [3.05, 3.63) is 17.5 Å². The maximum atomic E-state index is 12.2. The number of H-pyrrole nitrogens is 1. The van der Waals surface area contributed by atoms with E-state index in [1.54, 1.807) is 0 Å². The van der Waals surface area contributed by atoms with Crippen molar-refractivity contribution in [3.63, 3.8) is 0 Å². The Morgan fingerprint density at radius 3 is 2.90 bits per heavy atom. The Morgan fingerprint density at radius 2 is 2.29 bits per heavy atom. The van der Waals surface area contributed by atoms with E-state index in [2.05, 4.69) is 19.2 Å². The van der Waals surface area contributed by atoms with E-state index < -0.39 is 34.5 Å². The summed E-state index contributed by atoms with van der Waals surface area (Å²) >= 11 is 0. The van der Waals surface area contributed by atoms with Gasteiger partial charge in [0.15, 0.2) is 6.04 Å². The van der Waals surface area contributed by atoms with Crippen LogP contribution in [-0.4, -0.2) is 58.8 Å². The highest BCUT2D eigenvalue weighted by Gasteiger charge is 2.53. The highest BCUT2D eigenvalue weighted by molar-refractivity contribution is 7.80. The summed E-state index contributed by atoms with van der Waals surface area (Å²) in [5.74, 6) is -0.707. The Bertz CT molecular complexity index is 713. The third-order valence-electron chi connectivity index (χ3n) is 3.33. The molecule has 2 aliphatic heterocycles. The van der Waals surface area contributed by atoms with Crippen molar-refractivity contribution < 1.29 is 31.6 Å². The number of aromatic amines is 1. The lowest BCUT2D eigenvalue weighted by molar-refractivity contribution is -0.146. The number of carbonyl (C=O) groups is 2. The summed E-state index contributed by atoms with van der Waals surface area (Å²) < 4.78 is 39.4. The van der Waals surface area contributed by atoms with Gasteiger partial charge in [-0.3, -0.25) is 9.65 Å². The van der Waals surface area contributed by atoms with Crippen molar-refractivity contribution in [3.8, 4) is 0 Å². The van der Waals surface area contributed by atoms with E-state index in [0.29, 0.717) is 16.3 Å². The summed E-state index contributed by atoms with van der Waals surface area (Å²) in [5.41, 5.74) is 0.726. The molecule has 2 amide bonds. The topological polar surface area (TPSA) is 142 Å². The van der Waals surface area contributed by atoms with Crippen LogP contribution in [0.5, 0.6) is 0 Å². The molecular weight excluding hydrogens is 308 g/mol. The fraction of sp³-hybridized carbons (Fsp3) is 0.444. The number of methoxy groups -OCH3 is 1. The fourth-order valence-electron chi connectivity index (χ4n) is 2.53. The number of esters is 1. The van der Waals surface area contributed by atoms with E-state index in [-0.39, 0.29) is 6.54 Å². The highest BCUT2D eigenvalue weighted by Crippen LogP contribution is 2.43. The van der Waals surface area contributed by atoms with Crippen molar-refractivity contribution in [2.45, 2.75) is 12.1 Å². The third-order valence-corrected chi connectivity index (χ3v) is 3.68. The van der Waals surface area contributed by atoms with E-state index in [1.165, 1.54) is 6.20 Å². The molecule has 0 radical (unpaired) electrons. The molecule has 1 aromatic rings. The zero-order chi connectivity index (χ0) is 15.4. The summed E-state index contributed by atoms with van der Waals surface area (Å²) in [5, 5.41) is 6.86. The van der Waals surface area contributed by atoms with Gasteiger partial charge in [-0.25, -0.2) is 9.59 Å². The van der Waals surface area contributed by atoms with Crippen LogP contribution in [0.3, 0.4) is 0 Å². The highest BCUT2D eigenvalue weighted by atomic mass is 32.3. The smallest absolute Gasteiger partial charge is 0.418 e. The second-order valence-corrected chi connectivity index (χ2v) is 5.45. The quantitative estimate of drug-likeness (QED) is 0.542. The SMILES string of the molecule is COC(=O)[C@@H]1c2[nH]ncc2[C@H]2CN1C(=O)N2OS(=O)(=O)O. The molecule has 0 saturated carbocycles. The third kappa shape index (κ3) is 2.03. The predicted octanol–water partition coefficient (Wildman–Crippen LogP) is -0.849. The Hall–Kier alpha value is -2.18. The Kier molecular flexibility index (Phi) is 2.89. The molecule has 2 bridgehead atoms. The molecule has 21 heavy (non-hydrogen) atoms. The monoisotopic (exact) mass is 318 g/mol. The standard InChI is InChI=1S/C9H10N4O7S/c1-19-8(14)7-6-4(2-10-11-6)5-3-12(7)9(15)13(5)20-21(16,17)18/h2,5,7H,3H2,1H3,(H,10,11)(H,16,17,18)/t5-,7+/m1/s1. The van der Waals surface area contributed by atoms with Crippen LogP contribution in [0.2, 0.25) is 0 Å². The van der Waals surface area contributed by atoms with Crippen LogP contribution in [0.1, 0.15) is 23.3 Å². The van der Waals surface area contributed by atoms with Crippen LogP contribution in [0, 0.1) is 0 Å².